The number of imide groups is 1. The topological polar surface area (TPSA) is 40.6 Å². The monoisotopic (exact) mass is 256 g/mol. The fourth-order valence-corrected chi connectivity index (χ4v) is 3.26. The van der Waals surface area contributed by atoms with Crippen LogP contribution in [0.3, 0.4) is 0 Å². The molecule has 0 spiro atoms. The number of hydrogen-bond acceptors (Lipinski definition) is 4. The summed E-state index contributed by atoms with van der Waals surface area (Å²) in [5.41, 5.74) is 0. The van der Waals surface area contributed by atoms with Gasteiger partial charge in [-0.05, 0) is 51.5 Å². The second-order valence-corrected chi connectivity index (χ2v) is 6.81. The summed E-state index contributed by atoms with van der Waals surface area (Å²) in [6.45, 7) is 7.22. The van der Waals surface area contributed by atoms with E-state index in [0.29, 0.717) is 6.54 Å². The standard InChI is InChI=1S/C12H20N2O2S/c1-12(2)10(15)14(11(16)17-12)9-8-13-6-4-3-5-7-13/h3-9H2,1-2H3. The molecule has 0 aliphatic carbocycles. The fourth-order valence-electron chi connectivity index (χ4n) is 2.34. The van der Waals surface area contributed by atoms with Crippen molar-refractivity contribution in [3.8, 4) is 0 Å². The van der Waals surface area contributed by atoms with Gasteiger partial charge in [-0.3, -0.25) is 14.5 Å². The number of carbonyl (C=O) groups is 2. The van der Waals surface area contributed by atoms with Crippen molar-refractivity contribution in [1.29, 1.82) is 0 Å². The van der Waals surface area contributed by atoms with Gasteiger partial charge in [-0.1, -0.05) is 6.42 Å². The number of nitrogens with zero attached hydrogens (tertiary/aromatic N) is 2. The average molecular weight is 256 g/mol. The van der Waals surface area contributed by atoms with Gasteiger partial charge in [0.05, 0.1) is 4.75 Å². The van der Waals surface area contributed by atoms with E-state index in [1.165, 1.54) is 24.2 Å². The Labute approximate surface area is 107 Å². The third-order valence-corrected chi connectivity index (χ3v) is 4.49. The lowest BCUT2D eigenvalue weighted by molar-refractivity contribution is -0.129. The Morgan fingerprint density at radius 3 is 2.29 bits per heavy atom. The van der Waals surface area contributed by atoms with Crippen LogP contribution in [-0.4, -0.2) is 51.9 Å². The van der Waals surface area contributed by atoms with E-state index in [1.807, 2.05) is 13.8 Å². The molecule has 0 aromatic heterocycles. The molecule has 2 aliphatic rings. The van der Waals surface area contributed by atoms with E-state index in [1.54, 1.807) is 0 Å². The van der Waals surface area contributed by atoms with Gasteiger partial charge >= 0.3 is 0 Å². The fraction of sp³-hybridized carbons (Fsp3) is 0.833. The van der Waals surface area contributed by atoms with Gasteiger partial charge in [-0.15, -0.1) is 0 Å². The maximum atomic E-state index is 12.0. The van der Waals surface area contributed by atoms with Gasteiger partial charge in [0.1, 0.15) is 0 Å². The first kappa shape index (κ1) is 12.9. The lowest BCUT2D eigenvalue weighted by atomic mass is 10.1. The number of hydrogen-bond donors (Lipinski definition) is 0. The van der Waals surface area contributed by atoms with E-state index in [9.17, 15) is 9.59 Å². The molecule has 0 unspecified atom stereocenters. The van der Waals surface area contributed by atoms with Crippen molar-refractivity contribution in [2.75, 3.05) is 26.2 Å². The minimum atomic E-state index is -0.570. The van der Waals surface area contributed by atoms with Crippen LogP contribution in [0.4, 0.5) is 4.79 Å². The molecule has 0 aromatic rings. The third-order valence-electron chi connectivity index (χ3n) is 3.41. The SMILES string of the molecule is CC1(C)SC(=O)N(CCN2CCCCC2)C1=O. The van der Waals surface area contributed by atoms with Crippen LogP contribution in [-0.2, 0) is 4.79 Å². The van der Waals surface area contributed by atoms with Crippen molar-refractivity contribution in [2.45, 2.75) is 37.9 Å². The predicted octanol–water partition coefficient (Wildman–Crippen LogP) is 1.95. The zero-order valence-corrected chi connectivity index (χ0v) is 11.4. The van der Waals surface area contributed by atoms with Crippen LogP contribution in [0.1, 0.15) is 33.1 Å². The molecule has 4 nitrogen and oxygen atoms in total. The van der Waals surface area contributed by atoms with Gasteiger partial charge < -0.3 is 4.90 Å². The highest BCUT2D eigenvalue weighted by atomic mass is 32.2. The molecule has 2 saturated heterocycles. The Morgan fingerprint density at radius 1 is 1.12 bits per heavy atom. The second-order valence-electron chi connectivity index (χ2n) is 5.24. The van der Waals surface area contributed by atoms with Crippen LogP contribution in [0, 0.1) is 0 Å². The molecule has 2 fully saturated rings. The molecule has 17 heavy (non-hydrogen) atoms. The van der Waals surface area contributed by atoms with E-state index in [-0.39, 0.29) is 11.1 Å². The average Bonchev–Trinajstić information content (AvgIpc) is 2.48. The van der Waals surface area contributed by atoms with Crippen LogP contribution in [0.25, 0.3) is 0 Å². The molecule has 0 saturated carbocycles. The Balaban J connectivity index is 1.86. The van der Waals surface area contributed by atoms with Gasteiger partial charge in [0.25, 0.3) is 5.24 Å². The molecule has 0 radical (unpaired) electrons. The molecular formula is C12H20N2O2S. The Kier molecular flexibility index (Phi) is 3.78. The highest BCUT2D eigenvalue weighted by Gasteiger charge is 2.45. The first-order chi connectivity index (χ1) is 8.00. The molecule has 0 aromatic carbocycles. The normalized spacial score (nSPS) is 25.6. The number of carbonyl (C=O) groups excluding carboxylic acids is 2. The highest BCUT2D eigenvalue weighted by molar-refractivity contribution is 8.16. The van der Waals surface area contributed by atoms with Crippen molar-refractivity contribution < 1.29 is 9.59 Å². The van der Waals surface area contributed by atoms with E-state index >= 15 is 0 Å². The summed E-state index contributed by atoms with van der Waals surface area (Å²) in [5, 5.41) is -0.0861. The third kappa shape index (κ3) is 2.83. The summed E-state index contributed by atoms with van der Waals surface area (Å²) >= 11 is 1.14. The molecule has 0 N–H and O–H groups in total. The summed E-state index contributed by atoms with van der Waals surface area (Å²) < 4.78 is -0.570. The molecule has 2 aliphatic heterocycles. The summed E-state index contributed by atoms with van der Waals surface area (Å²) in [6, 6.07) is 0. The zero-order chi connectivity index (χ0) is 12.5. The number of piperidine rings is 1. The maximum Gasteiger partial charge on any atom is 0.289 e. The van der Waals surface area contributed by atoms with Crippen LogP contribution in [0.2, 0.25) is 0 Å². The van der Waals surface area contributed by atoms with Crippen molar-refractivity contribution >= 4 is 22.9 Å². The number of rotatable bonds is 3. The van der Waals surface area contributed by atoms with Crippen molar-refractivity contribution in [2.24, 2.45) is 0 Å². The Bertz CT molecular complexity index is 324. The first-order valence-corrected chi connectivity index (χ1v) is 7.10. The van der Waals surface area contributed by atoms with Gasteiger partial charge in [-0.25, -0.2) is 0 Å². The zero-order valence-electron chi connectivity index (χ0n) is 10.6. The molecule has 2 rings (SSSR count). The molecule has 2 heterocycles. The van der Waals surface area contributed by atoms with Gasteiger partial charge in [0.15, 0.2) is 0 Å². The van der Waals surface area contributed by atoms with E-state index < -0.39 is 4.75 Å². The summed E-state index contributed by atoms with van der Waals surface area (Å²) in [6.07, 6.45) is 3.78. The molecule has 2 amide bonds. The van der Waals surface area contributed by atoms with Crippen LogP contribution in [0.5, 0.6) is 0 Å². The van der Waals surface area contributed by atoms with Crippen molar-refractivity contribution in [1.82, 2.24) is 9.80 Å². The summed E-state index contributed by atoms with van der Waals surface area (Å²) in [4.78, 5) is 27.5. The minimum Gasteiger partial charge on any atom is -0.302 e. The Hall–Kier alpha value is -0.550. The van der Waals surface area contributed by atoms with E-state index in [2.05, 4.69) is 4.90 Å². The van der Waals surface area contributed by atoms with E-state index in [0.717, 1.165) is 31.4 Å². The van der Waals surface area contributed by atoms with Crippen LogP contribution in [0.15, 0.2) is 0 Å². The molecule has 5 heteroatoms. The lowest BCUT2D eigenvalue weighted by Gasteiger charge is -2.28. The summed E-state index contributed by atoms with van der Waals surface area (Å²) in [5.74, 6) is -0.0375. The number of likely N-dealkylation sites (tertiary alicyclic amines) is 1. The largest absolute Gasteiger partial charge is 0.302 e. The first-order valence-electron chi connectivity index (χ1n) is 6.28. The molecule has 96 valence electrons. The predicted molar refractivity (Wildman–Crippen MR) is 69.1 cm³/mol. The highest BCUT2D eigenvalue weighted by Crippen LogP contribution is 2.36. The van der Waals surface area contributed by atoms with Crippen LogP contribution >= 0.6 is 11.8 Å². The number of thioether (sulfide) groups is 1. The molecular weight excluding hydrogens is 236 g/mol. The molecule has 0 atom stereocenters. The summed E-state index contributed by atoms with van der Waals surface area (Å²) in [7, 11) is 0. The van der Waals surface area contributed by atoms with Crippen LogP contribution < -0.4 is 0 Å². The Morgan fingerprint density at radius 2 is 1.76 bits per heavy atom. The van der Waals surface area contributed by atoms with Crippen molar-refractivity contribution in [3.05, 3.63) is 0 Å². The van der Waals surface area contributed by atoms with Gasteiger partial charge in [0.2, 0.25) is 5.91 Å². The molecule has 0 bridgehead atoms. The smallest absolute Gasteiger partial charge is 0.289 e. The quantitative estimate of drug-likeness (QED) is 0.774. The second kappa shape index (κ2) is 4.98. The lowest BCUT2D eigenvalue weighted by Crippen LogP contribution is -2.42. The van der Waals surface area contributed by atoms with Gasteiger partial charge in [0, 0.05) is 13.1 Å². The number of amides is 2. The van der Waals surface area contributed by atoms with E-state index in [4.69, 9.17) is 0 Å². The van der Waals surface area contributed by atoms with Crippen molar-refractivity contribution in [3.63, 3.8) is 0 Å². The van der Waals surface area contributed by atoms with Gasteiger partial charge in [-0.2, -0.15) is 0 Å². The maximum absolute atomic E-state index is 12.0. The minimum absolute atomic E-state index is 0.0375.